The molecule has 0 amide bonds. The summed E-state index contributed by atoms with van der Waals surface area (Å²) in [5, 5.41) is 7.98. The zero-order chi connectivity index (χ0) is 15.3. The molecule has 1 aromatic heterocycles. The first-order valence-electron chi connectivity index (χ1n) is 8.91. The molecule has 4 heteroatoms. The van der Waals surface area contributed by atoms with Crippen LogP contribution in [0.5, 0.6) is 0 Å². The van der Waals surface area contributed by atoms with Gasteiger partial charge in [0.15, 0.2) is 5.82 Å². The summed E-state index contributed by atoms with van der Waals surface area (Å²) in [6.45, 7) is 0.725. The van der Waals surface area contributed by atoms with Crippen LogP contribution in [0.25, 0.3) is 11.5 Å². The monoisotopic (exact) mass is 309 g/mol. The van der Waals surface area contributed by atoms with Crippen LogP contribution in [-0.4, -0.2) is 15.7 Å². The molecule has 4 fully saturated rings. The third kappa shape index (κ3) is 2.49. The molecule has 0 unspecified atom stereocenters. The molecule has 4 aliphatic rings. The van der Waals surface area contributed by atoms with Crippen molar-refractivity contribution in [3.8, 4) is 11.5 Å². The lowest BCUT2D eigenvalue weighted by molar-refractivity contribution is -0.0209. The molecule has 1 N–H and O–H groups in total. The van der Waals surface area contributed by atoms with E-state index in [4.69, 9.17) is 4.52 Å². The Morgan fingerprint density at radius 1 is 1.00 bits per heavy atom. The van der Waals surface area contributed by atoms with Crippen molar-refractivity contribution in [2.45, 2.75) is 50.6 Å². The van der Waals surface area contributed by atoms with Gasteiger partial charge in [-0.2, -0.15) is 4.98 Å². The van der Waals surface area contributed by atoms with Crippen molar-refractivity contribution in [2.24, 2.45) is 17.8 Å². The second-order valence-electron chi connectivity index (χ2n) is 7.93. The van der Waals surface area contributed by atoms with Crippen molar-refractivity contribution in [3.05, 3.63) is 36.2 Å². The fraction of sp³-hybridized carbons (Fsp3) is 0.579. The van der Waals surface area contributed by atoms with Crippen molar-refractivity contribution in [1.82, 2.24) is 15.5 Å². The molecular weight excluding hydrogens is 286 g/mol. The van der Waals surface area contributed by atoms with E-state index >= 15 is 0 Å². The Bertz CT molecular complexity index is 658. The molecule has 4 nitrogen and oxygen atoms in total. The van der Waals surface area contributed by atoms with Crippen LogP contribution in [0.4, 0.5) is 0 Å². The SMILES string of the molecule is c1ccc(-c2nc(CNC34CC5CC(CC(C5)C3)C4)no2)cc1. The molecule has 2 aromatic rings. The molecular formula is C19H23N3O. The topological polar surface area (TPSA) is 51.0 Å². The van der Waals surface area contributed by atoms with Gasteiger partial charge in [0.05, 0.1) is 6.54 Å². The summed E-state index contributed by atoms with van der Waals surface area (Å²) < 4.78 is 5.42. The summed E-state index contributed by atoms with van der Waals surface area (Å²) in [6, 6.07) is 9.99. The lowest BCUT2D eigenvalue weighted by atomic mass is 9.53. The van der Waals surface area contributed by atoms with Gasteiger partial charge in [-0.25, -0.2) is 0 Å². The summed E-state index contributed by atoms with van der Waals surface area (Å²) >= 11 is 0. The normalized spacial score (nSPS) is 34.9. The van der Waals surface area contributed by atoms with Crippen LogP contribution in [0.2, 0.25) is 0 Å². The number of nitrogens with zero attached hydrogens (tertiary/aromatic N) is 2. The first-order valence-corrected chi connectivity index (χ1v) is 8.91. The lowest BCUT2D eigenvalue weighted by Crippen LogP contribution is -2.58. The second kappa shape index (κ2) is 5.17. The molecule has 4 aliphatic carbocycles. The Labute approximate surface area is 136 Å². The maximum absolute atomic E-state index is 5.42. The van der Waals surface area contributed by atoms with Crippen LogP contribution in [-0.2, 0) is 6.54 Å². The van der Waals surface area contributed by atoms with Crippen molar-refractivity contribution in [3.63, 3.8) is 0 Å². The van der Waals surface area contributed by atoms with Crippen molar-refractivity contribution < 1.29 is 4.52 Å². The number of aromatic nitrogens is 2. The molecule has 1 aromatic carbocycles. The highest BCUT2D eigenvalue weighted by Crippen LogP contribution is 2.55. The van der Waals surface area contributed by atoms with E-state index in [-0.39, 0.29) is 0 Å². The molecule has 0 atom stereocenters. The molecule has 0 spiro atoms. The minimum absolute atomic E-state index is 0.349. The average molecular weight is 309 g/mol. The summed E-state index contributed by atoms with van der Waals surface area (Å²) in [5.74, 6) is 4.27. The Balaban J connectivity index is 1.29. The molecule has 6 rings (SSSR count). The summed E-state index contributed by atoms with van der Waals surface area (Å²) in [6.07, 6.45) is 8.47. The molecule has 1 heterocycles. The highest BCUT2D eigenvalue weighted by atomic mass is 16.5. The fourth-order valence-corrected chi connectivity index (χ4v) is 5.62. The Kier molecular flexibility index (Phi) is 3.08. The van der Waals surface area contributed by atoms with Crippen LogP contribution in [0.1, 0.15) is 44.3 Å². The highest BCUT2D eigenvalue weighted by Gasteiger charge is 2.50. The number of hydrogen-bond acceptors (Lipinski definition) is 4. The quantitative estimate of drug-likeness (QED) is 0.933. The molecule has 4 saturated carbocycles. The van der Waals surface area contributed by atoms with Crippen LogP contribution in [0.15, 0.2) is 34.9 Å². The van der Waals surface area contributed by atoms with E-state index in [1.54, 1.807) is 0 Å². The van der Waals surface area contributed by atoms with Gasteiger partial charge in [-0.3, -0.25) is 0 Å². The Morgan fingerprint density at radius 2 is 1.65 bits per heavy atom. The molecule has 0 aliphatic heterocycles. The largest absolute Gasteiger partial charge is 0.334 e. The van der Waals surface area contributed by atoms with Crippen LogP contribution < -0.4 is 5.32 Å². The number of benzene rings is 1. The zero-order valence-corrected chi connectivity index (χ0v) is 13.4. The zero-order valence-electron chi connectivity index (χ0n) is 13.4. The van der Waals surface area contributed by atoms with Gasteiger partial charge in [0, 0.05) is 11.1 Å². The van der Waals surface area contributed by atoms with Gasteiger partial charge in [-0.05, 0) is 68.4 Å². The second-order valence-corrected chi connectivity index (χ2v) is 7.93. The molecule has 23 heavy (non-hydrogen) atoms. The van der Waals surface area contributed by atoms with Gasteiger partial charge >= 0.3 is 0 Å². The molecule has 0 saturated heterocycles. The van der Waals surface area contributed by atoms with E-state index in [0.717, 1.165) is 35.7 Å². The predicted octanol–water partition coefficient (Wildman–Crippen LogP) is 3.80. The van der Waals surface area contributed by atoms with E-state index < -0.39 is 0 Å². The third-order valence-corrected chi connectivity index (χ3v) is 6.15. The lowest BCUT2D eigenvalue weighted by Gasteiger charge is -2.57. The number of rotatable bonds is 4. The van der Waals surface area contributed by atoms with E-state index in [9.17, 15) is 0 Å². The van der Waals surface area contributed by atoms with Gasteiger partial charge in [0.2, 0.25) is 0 Å². The standard InChI is InChI=1S/C19H23N3O/c1-2-4-16(5-3-1)18-21-17(22-23-18)12-20-19-9-13-6-14(10-19)8-15(7-13)11-19/h1-5,13-15,20H,6-12H2. The van der Waals surface area contributed by atoms with Gasteiger partial charge in [0.1, 0.15) is 0 Å². The minimum atomic E-state index is 0.349. The van der Waals surface area contributed by atoms with E-state index in [1.165, 1.54) is 38.5 Å². The number of hydrogen-bond donors (Lipinski definition) is 1. The van der Waals surface area contributed by atoms with E-state index in [0.29, 0.717) is 11.4 Å². The van der Waals surface area contributed by atoms with Gasteiger partial charge in [-0.1, -0.05) is 23.4 Å². The van der Waals surface area contributed by atoms with E-state index in [2.05, 4.69) is 15.5 Å². The first-order chi connectivity index (χ1) is 11.3. The summed E-state index contributed by atoms with van der Waals surface area (Å²) in [4.78, 5) is 4.56. The van der Waals surface area contributed by atoms with Crippen molar-refractivity contribution >= 4 is 0 Å². The Morgan fingerprint density at radius 3 is 2.30 bits per heavy atom. The van der Waals surface area contributed by atoms with Gasteiger partial charge in [0.25, 0.3) is 5.89 Å². The third-order valence-electron chi connectivity index (χ3n) is 6.15. The predicted molar refractivity (Wildman–Crippen MR) is 87.5 cm³/mol. The summed E-state index contributed by atoms with van der Waals surface area (Å²) in [7, 11) is 0. The molecule has 120 valence electrons. The maximum Gasteiger partial charge on any atom is 0.257 e. The smallest absolute Gasteiger partial charge is 0.257 e. The Hall–Kier alpha value is -1.68. The molecule has 4 bridgehead atoms. The van der Waals surface area contributed by atoms with E-state index in [1.807, 2.05) is 30.3 Å². The van der Waals surface area contributed by atoms with Crippen LogP contribution in [0, 0.1) is 17.8 Å². The first kappa shape index (κ1) is 13.7. The minimum Gasteiger partial charge on any atom is -0.334 e. The highest BCUT2D eigenvalue weighted by molar-refractivity contribution is 5.51. The summed E-state index contributed by atoms with van der Waals surface area (Å²) in [5.41, 5.74) is 1.34. The van der Waals surface area contributed by atoms with Crippen molar-refractivity contribution in [2.75, 3.05) is 0 Å². The van der Waals surface area contributed by atoms with Crippen LogP contribution in [0.3, 0.4) is 0 Å². The molecule has 0 radical (unpaired) electrons. The number of nitrogens with one attached hydrogen (secondary N) is 1. The fourth-order valence-electron chi connectivity index (χ4n) is 5.62. The average Bonchev–Trinajstić information content (AvgIpc) is 3.02. The van der Waals surface area contributed by atoms with Gasteiger partial charge in [-0.15, -0.1) is 0 Å². The van der Waals surface area contributed by atoms with Gasteiger partial charge < -0.3 is 9.84 Å². The van der Waals surface area contributed by atoms with Crippen molar-refractivity contribution in [1.29, 1.82) is 0 Å². The maximum atomic E-state index is 5.42. The van der Waals surface area contributed by atoms with Crippen LogP contribution >= 0.6 is 0 Å².